The second-order valence-corrected chi connectivity index (χ2v) is 10.5. The minimum absolute atomic E-state index is 0.0212. The van der Waals surface area contributed by atoms with Gasteiger partial charge in [-0.2, -0.15) is 13.2 Å². The average molecular weight is 420 g/mol. The van der Waals surface area contributed by atoms with E-state index in [0.29, 0.717) is 36.8 Å². The number of alkyl halides is 3. The van der Waals surface area contributed by atoms with E-state index in [4.69, 9.17) is 4.74 Å². The van der Waals surface area contributed by atoms with Gasteiger partial charge in [-0.1, -0.05) is 19.3 Å². The number of rotatable bonds is 4. The Balaban J connectivity index is 2.03. The fourth-order valence-corrected chi connectivity index (χ4v) is 5.96. The topological polar surface area (TPSA) is 56.3 Å². The molecule has 0 bridgehead atoms. The Morgan fingerprint density at radius 2 is 1.61 bits per heavy atom. The van der Waals surface area contributed by atoms with E-state index < -0.39 is 27.0 Å². The van der Waals surface area contributed by atoms with Crippen molar-refractivity contribution in [3.63, 3.8) is 0 Å². The molecule has 1 heterocycles. The largest absolute Gasteiger partial charge is 0.481 e. The van der Waals surface area contributed by atoms with Crippen molar-refractivity contribution in [3.8, 4) is 5.88 Å². The summed E-state index contributed by atoms with van der Waals surface area (Å²) in [4.78, 5) is 3.80. The van der Waals surface area contributed by atoms with Crippen LogP contribution >= 0.6 is 0 Å². The molecular formula is C20H28F3NO3S. The first-order chi connectivity index (χ1) is 13.1. The molecule has 1 aromatic rings. The van der Waals surface area contributed by atoms with Gasteiger partial charge in [-0.05, 0) is 61.5 Å². The van der Waals surface area contributed by atoms with Crippen LogP contribution in [0.4, 0.5) is 13.2 Å². The van der Waals surface area contributed by atoms with Gasteiger partial charge in [0.05, 0.1) is 12.4 Å². The Bertz CT molecular complexity index is 794. The highest BCUT2D eigenvalue weighted by Gasteiger charge is 2.41. The molecule has 0 amide bonds. The Labute approximate surface area is 164 Å². The van der Waals surface area contributed by atoms with Gasteiger partial charge in [0.1, 0.15) is 9.84 Å². The van der Waals surface area contributed by atoms with Gasteiger partial charge in [0.25, 0.3) is 0 Å². The second kappa shape index (κ2) is 8.20. The summed E-state index contributed by atoms with van der Waals surface area (Å²) in [5.74, 6) is -0.258. The molecule has 2 aliphatic carbocycles. The number of aromatic nitrogens is 1. The van der Waals surface area contributed by atoms with Crippen LogP contribution in [0.15, 0.2) is 6.07 Å². The normalized spacial score (nSPS) is 24.9. The van der Waals surface area contributed by atoms with Crippen molar-refractivity contribution in [2.24, 2.45) is 0 Å². The van der Waals surface area contributed by atoms with Crippen molar-refractivity contribution in [1.29, 1.82) is 0 Å². The highest BCUT2D eigenvalue weighted by molar-refractivity contribution is 7.91. The van der Waals surface area contributed by atoms with Crippen LogP contribution < -0.4 is 4.74 Å². The third-order valence-electron chi connectivity index (χ3n) is 6.28. The maximum atomic E-state index is 13.9. The molecule has 158 valence electrons. The van der Waals surface area contributed by atoms with Crippen LogP contribution in [0.3, 0.4) is 0 Å². The van der Waals surface area contributed by atoms with E-state index in [9.17, 15) is 21.6 Å². The molecule has 3 rings (SSSR count). The predicted molar refractivity (Wildman–Crippen MR) is 101 cm³/mol. The monoisotopic (exact) mass is 419 g/mol. The lowest BCUT2D eigenvalue weighted by molar-refractivity contribution is -0.142. The Kier molecular flexibility index (Phi) is 6.27. The zero-order valence-electron chi connectivity index (χ0n) is 16.4. The SMILES string of the molecule is COc1cc(C2CCC(S(C)(=O)=O)CC2)c(C2CCCCC2)c(C(F)(F)F)n1. The number of ether oxygens (including phenoxy) is 1. The Hall–Kier alpha value is -1.31. The molecule has 8 heteroatoms. The lowest BCUT2D eigenvalue weighted by Gasteiger charge is -2.33. The molecule has 0 atom stereocenters. The average Bonchev–Trinajstić information content (AvgIpc) is 2.66. The summed E-state index contributed by atoms with van der Waals surface area (Å²) in [5, 5.41) is -0.396. The molecular weight excluding hydrogens is 391 g/mol. The summed E-state index contributed by atoms with van der Waals surface area (Å²) >= 11 is 0. The van der Waals surface area contributed by atoms with Crippen molar-refractivity contribution >= 4 is 9.84 Å². The van der Waals surface area contributed by atoms with E-state index in [1.807, 2.05) is 0 Å². The smallest absolute Gasteiger partial charge is 0.433 e. The number of hydrogen-bond donors (Lipinski definition) is 0. The summed E-state index contributed by atoms with van der Waals surface area (Å²) in [7, 11) is -1.80. The molecule has 2 fully saturated rings. The van der Waals surface area contributed by atoms with Crippen LogP contribution in [0, 0.1) is 0 Å². The molecule has 0 radical (unpaired) electrons. The zero-order chi connectivity index (χ0) is 20.5. The van der Waals surface area contributed by atoms with Gasteiger partial charge in [0.2, 0.25) is 5.88 Å². The second-order valence-electron chi connectivity index (χ2n) is 8.15. The van der Waals surface area contributed by atoms with Gasteiger partial charge in [-0.25, -0.2) is 13.4 Å². The fourth-order valence-electron chi connectivity index (χ4n) is 4.83. The minimum atomic E-state index is -4.54. The van der Waals surface area contributed by atoms with E-state index in [-0.39, 0.29) is 17.7 Å². The van der Waals surface area contributed by atoms with Crippen molar-refractivity contribution in [3.05, 3.63) is 22.9 Å². The van der Waals surface area contributed by atoms with Crippen LogP contribution in [0.5, 0.6) is 5.88 Å². The quantitative estimate of drug-likeness (QED) is 0.671. The number of pyridine rings is 1. The van der Waals surface area contributed by atoms with Crippen molar-refractivity contribution in [1.82, 2.24) is 4.98 Å². The van der Waals surface area contributed by atoms with Gasteiger partial charge in [0, 0.05) is 12.3 Å². The molecule has 0 saturated heterocycles. The van der Waals surface area contributed by atoms with Gasteiger partial charge < -0.3 is 4.74 Å². The van der Waals surface area contributed by atoms with E-state index >= 15 is 0 Å². The maximum Gasteiger partial charge on any atom is 0.433 e. The number of hydrogen-bond acceptors (Lipinski definition) is 4. The third kappa shape index (κ3) is 4.63. The van der Waals surface area contributed by atoms with Gasteiger partial charge in [-0.3, -0.25) is 0 Å². The number of nitrogens with zero attached hydrogens (tertiary/aromatic N) is 1. The molecule has 0 spiro atoms. The molecule has 0 N–H and O–H groups in total. The number of halogens is 3. The fraction of sp³-hybridized carbons (Fsp3) is 0.750. The zero-order valence-corrected chi connectivity index (χ0v) is 17.2. The molecule has 0 aromatic carbocycles. The van der Waals surface area contributed by atoms with E-state index in [2.05, 4.69) is 4.98 Å². The molecule has 0 aliphatic heterocycles. The van der Waals surface area contributed by atoms with Crippen LogP contribution in [-0.2, 0) is 16.0 Å². The van der Waals surface area contributed by atoms with Crippen molar-refractivity contribution in [2.75, 3.05) is 13.4 Å². The Morgan fingerprint density at radius 3 is 2.11 bits per heavy atom. The molecule has 0 unspecified atom stereocenters. The van der Waals surface area contributed by atoms with Gasteiger partial charge >= 0.3 is 6.18 Å². The Morgan fingerprint density at radius 1 is 1.00 bits per heavy atom. The summed E-state index contributed by atoms with van der Waals surface area (Å²) in [6.45, 7) is 0. The molecule has 28 heavy (non-hydrogen) atoms. The van der Waals surface area contributed by atoms with E-state index in [0.717, 1.165) is 32.1 Å². The van der Waals surface area contributed by atoms with Crippen LogP contribution in [-0.4, -0.2) is 32.0 Å². The maximum absolute atomic E-state index is 13.9. The van der Waals surface area contributed by atoms with Gasteiger partial charge in [0.15, 0.2) is 5.69 Å². The summed E-state index contributed by atoms with van der Waals surface area (Å²) in [5.41, 5.74) is 0.174. The highest BCUT2D eigenvalue weighted by Crippen LogP contribution is 2.47. The van der Waals surface area contributed by atoms with Crippen molar-refractivity contribution in [2.45, 2.75) is 81.0 Å². The van der Waals surface area contributed by atoms with Gasteiger partial charge in [-0.15, -0.1) is 0 Å². The lowest BCUT2D eigenvalue weighted by atomic mass is 9.75. The van der Waals surface area contributed by atoms with Crippen LogP contribution in [0.25, 0.3) is 0 Å². The highest BCUT2D eigenvalue weighted by atomic mass is 32.2. The lowest BCUT2D eigenvalue weighted by Crippen LogP contribution is -2.27. The van der Waals surface area contributed by atoms with Crippen LogP contribution in [0.2, 0.25) is 0 Å². The summed E-state index contributed by atoms with van der Waals surface area (Å²) in [6, 6.07) is 1.66. The van der Waals surface area contributed by atoms with Crippen LogP contribution in [0.1, 0.15) is 86.4 Å². The molecule has 1 aromatic heterocycles. The molecule has 2 saturated carbocycles. The minimum Gasteiger partial charge on any atom is -0.481 e. The number of sulfone groups is 1. The first-order valence-corrected chi connectivity index (χ1v) is 11.9. The molecule has 4 nitrogen and oxygen atoms in total. The first-order valence-electron chi connectivity index (χ1n) is 9.96. The molecule has 2 aliphatic rings. The number of methoxy groups -OCH3 is 1. The summed E-state index contributed by atoms with van der Waals surface area (Å²) in [6.07, 6.45) is 3.19. The summed E-state index contributed by atoms with van der Waals surface area (Å²) < 4.78 is 70.5. The first kappa shape index (κ1) is 21.4. The third-order valence-corrected chi connectivity index (χ3v) is 7.96. The van der Waals surface area contributed by atoms with Crippen molar-refractivity contribution < 1.29 is 26.3 Å². The predicted octanol–water partition coefficient (Wildman–Crippen LogP) is 5.23. The van der Waals surface area contributed by atoms with E-state index in [1.165, 1.54) is 13.4 Å². The van der Waals surface area contributed by atoms with E-state index in [1.54, 1.807) is 6.07 Å². The standard InChI is InChI=1S/C20H28F3NO3S/c1-27-17-12-16(13-8-10-15(11-9-13)28(2,25)26)18(14-6-4-3-5-7-14)19(24-17)20(21,22)23/h12-15H,3-11H2,1-2H3.